The van der Waals surface area contributed by atoms with E-state index in [2.05, 4.69) is 14.9 Å². The van der Waals surface area contributed by atoms with Crippen LogP contribution >= 0.6 is 0 Å². The van der Waals surface area contributed by atoms with Crippen LogP contribution in [-0.2, 0) is 19.9 Å². The summed E-state index contributed by atoms with van der Waals surface area (Å²) < 4.78 is 77.3. The Morgan fingerprint density at radius 2 is 1.59 bits per heavy atom. The number of hydrogen-bond acceptors (Lipinski definition) is 6. The van der Waals surface area contributed by atoms with Crippen LogP contribution in [0.3, 0.4) is 0 Å². The van der Waals surface area contributed by atoms with Crippen molar-refractivity contribution >= 4 is 25.5 Å². The summed E-state index contributed by atoms with van der Waals surface area (Å²) in [5.74, 6) is -2.05. The van der Waals surface area contributed by atoms with Crippen molar-refractivity contribution in [2.24, 2.45) is 0 Å². The predicted octanol–water partition coefficient (Wildman–Crippen LogP) is 3.02. The summed E-state index contributed by atoms with van der Waals surface area (Å²) in [6, 6.07) is 10.8. The second kappa shape index (κ2) is 7.84. The van der Waals surface area contributed by atoms with Crippen LogP contribution in [0, 0.1) is 11.6 Å². The number of nitrogens with zero attached hydrogens (tertiary/aromatic N) is 2. The van der Waals surface area contributed by atoms with E-state index in [0.717, 1.165) is 12.1 Å². The number of benzene rings is 2. The third-order valence-corrected chi connectivity index (χ3v) is 6.97. The van der Waals surface area contributed by atoms with Crippen molar-refractivity contribution in [3.05, 3.63) is 66.2 Å². The van der Waals surface area contributed by atoms with Gasteiger partial charge in [0.1, 0.15) is 16.5 Å². The summed E-state index contributed by atoms with van der Waals surface area (Å²) in [6.07, 6.45) is 0. The molecule has 0 bridgehead atoms. The standard InChI is InChI=1S/C18H15F2N3O4S2/c1-2-28(24,25)18-10-9-16(21-22-18)12-3-6-14(7-4-12)23-29(26,27)17-11-13(19)5-8-15(17)20/h3-11,23H,2H2,1H3. The van der Waals surface area contributed by atoms with Gasteiger partial charge in [-0.3, -0.25) is 4.72 Å². The number of aromatic nitrogens is 2. The van der Waals surface area contributed by atoms with Gasteiger partial charge in [-0.1, -0.05) is 19.1 Å². The molecule has 0 aliphatic carbocycles. The molecule has 0 saturated carbocycles. The smallest absolute Gasteiger partial charge is 0.264 e. The van der Waals surface area contributed by atoms with Crippen molar-refractivity contribution in [1.82, 2.24) is 10.2 Å². The highest BCUT2D eigenvalue weighted by Crippen LogP contribution is 2.23. The molecule has 0 aliphatic rings. The molecular formula is C18H15F2N3O4S2. The first kappa shape index (κ1) is 20.8. The molecule has 7 nitrogen and oxygen atoms in total. The third kappa shape index (κ3) is 4.57. The zero-order chi connectivity index (χ0) is 21.2. The van der Waals surface area contributed by atoms with Crippen LogP contribution in [0.4, 0.5) is 14.5 Å². The molecule has 0 saturated heterocycles. The molecule has 1 aromatic heterocycles. The normalized spacial score (nSPS) is 12.0. The Labute approximate surface area is 166 Å². The summed E-state index contributed by atoms with van der Waals surface area (Å²) in [5, 5.41) is 7.45. The minimum atomic E-state index is -4.33. The summed E-state index contributed by atoms with van der Waals surface area (Å²) in [4.78, 5) is -0.805. The average molecular weight is 439 g/mol. The number of hydrogen-bond donors (Lipinski definition) is 1. The Hall–Kier alpha value is -2.92. The zero-order valence-electron chi connectivity index (χ0n) is 15.0. The van der Waals surface area contributed by atoms with Crippen LogP contribution in [0.25, 0.3) is 11.3 Å². The molecule has 0 amide bonds. The second-order valence-corrected chi connectivity index (χ2v) is 9.79. The van der Waals surface area contributed by atoms with Gasteiger partial charge < -0.3 is 0 Å². The highest BCUT2D eigenvalue weighted by Gasteiger charge is 2.20. The van der Waals surface area contributed by atoms with E-state index in [-0.39, 0.29) is 16.5 Å². The molecule has 3 rings (SSSR count). The largest absolute Gasteiger partial charge is 0.280 e. The minimum Gasteiger partial charge on any atom is -0.280 e. The molecule has 0 radical (unpaired) electrons. The molecule has 3 aromatic rings. The van der Waals surface area contributed by atoms with Gasteiger partial charge in [-0.05, 0) is 42.5 Å². The molecule has 0 unspecified atom stereocenters. The van der Waals surface area contributed by atoms with Crippen molar-refractivity contribution in [3.8, 4) is 11.3 Å². The van der Waals surface area contributed by atoms with Gasteiger partial charge in [0.05, 0.1) is 11.4 Å². The molecule has 0 spiro atoms. The maximum Gasteiger partial charge on any atom is 0.264 e. The van der Waals surface area contributed by atoms with Crippen molar-refractivity contribution in [3.63, 3.8) is 0 Å². The maximum absolute atomic E-state index is 13.8. The zero-order valence-corrected chi connectivity index (χ0v) is 16.6. The van der Waals surface area contributed by atoms with E-state index < -0.39 is 36.4 Å². The maximum atomic E-state index is 13.8. The van der Waals surface area contributed by atoms with Gasteiger partial charge in [-0.2, -0.15) is 0 Å². The molecular weight excluding hydrogens is 424 g/mol. The quantitative estimate of drug-likeness (QED) is 0.633. The van der Waals surface area contributed by atoms with Crippen LogP contribution in [0.5, 0.6) is 0 Å². The fourth-order valence-corrected chi connectivity index (χ4v) is 4.28. The van der Waals surface area contributed by atoms with Gasteiger partial charge in [0.15, 0.2) is 14.9 Å². The van der Waals surface area contributed by atoms with E-state index in [0.29, 0.717) is 17.3 Å². The van der Waals surface area contributed by atoms with Gasteiger partial charge in [-0.15, -0.1) is 10.2 Å². The Kier molecular flexibility index (Phi) is 5.62. The average Bonchev–Trinajstić information content (AvgIpc) is 2.70. The molecule has 11 heteroatoms. The van der Waals surface area contributed by atoms with Crippen molar-refractivity contribution in [2.75, 3.05) is 10.5 Å². The lowest BCUT2D eigenvalue weighted by atomic mass is 10.1. The summed E-state index contributed by atoms with van der Waals surface area (Å²) in [5.41, 5.74) is 1.05. The number of rotatable bonds is 6. The van der Waals surface area contributed by atoms with Crippen LogP contribution < -0.4 is 4.72 Å². The first-order chi connectivity index (χ1) is 13.6. The monoisotopic (exact) mass is 439 g/mol. The third-order valence-electron chi connectivity index (χ3n) is 3.95. The fraction of sp³-hybridized carbons (Fsp3) is 0.111. The van der Waals surface area contributed by atoms with E-state index in [1.54, 1.807) is 0 Å². The molecule has 152 valence electrons. The van der Waals surface area contributed by atoms with Gasteiger partial charge in [0.25, 0.3) is 10.0 Å². The van der Waals surface area contributed by atoms with Gasteiger partial charge >= 0.3 is 0 Å². The molecule has 0 fully saturated rings. The Balaban J connectivity index is 1.83. The lowest BCUT2D eigenvalue weighted by Gasteiger charge is -2.10. The van der Waals surface area contributed by atoms with Crippen LogP contribution in [-0.4, -0.2) is 32.8 Å². The van der Waals surface area contributed by atoms with Crippen molar-refractivity contribution in [1.29, 1.82) is 0 Å². The van der Waals surface area contributed by atoms with Gasteiger partial charge in [0, 0.05) is 11.3 Å². The molecule has 0 aliphatic heterocycles. The van der Waals surface area contributed by atoms with Crippen LogP contribution in [0.2, 0.25) is 0 Å². The number of sulfone groups is 1. The van der Waals surface area contributed by atoms with E-state index in [1.807, 2.05) is 0 Å². The Morgan fingerprint density at radius 1 is 0.897 bits per heavy atom. The lowest BCUT2D eigenvalue weighted by Crippen LogP contribution is -2.14. The highest BCUT2D eigenvalue weighted by atomic mass is 32.2. The minimum absolute atomic E-state index is 0.0955. The van der Waals surface area contributed by atoms with E-state index in [1.165, 1.54) is 43.3 Å². The molecule has 0 atom stereocenters. The lowest BCUT2D eigenvalue weighted by molar-refractivity contribution is 0.555. The number of halogens is 2. The summed E-state index contributed by atoms with van der Waals surface area (Å²) in [7, 11) is -7.79. The summed E-state index contributed by atoms with van der Waals surface area (Å²) >= 11 is 0. The summed E-state index contributed by atoms with van der Waals surface area (Å²) in [6.45, 7) is 1.50. The van der Waals surface area contributed by atoms with Gasteiger partial charge in [0.2, 0.25) is 0 Å². The van der Waals surface area contributed by atoms with E-state index in [9.17, 15) is 25.6 Å². The first-order valence-corrected chi connectivity index (χ1v) is 11.4. The van der Waals surface area contributed by atoms with E-state index >= 15 is 0 Å². The number of nitrogens with one attached hydrogen (secondary N) is 1. The molecule has 1 heterocycles. The Morgan fingerprint density at radius 3 is 2.17 bits per heavy atom. The topological polar surface area (TPSA) is 106 Å². The van der Waals surface area contributed by atoms with Crippen molar-refractivity contribution in [2.45, 2.75) is 16.8 Å². The molecule has 29 heavy (non-hydrogen) atoms. The SMILES string of the molecule is CCS(=O)(=O)c1ccc(-c2ccc(NS(=O)(=O)c3cc(F)ccc3F)cc2)nn1. The van der Waals surface area contributed by atoms with E-state index in [4.69, 9.17) is 0 Å². The molecule has 1 N–H and O–H groups in total. The highest BCUT2D eigenvalue weighted by molar-refractivity contribution is 7.92. The van der Waals surface area contributed by atoms with Gasteiger partial charge in [-0.25, -0.2) is 25.6 Å². The molecule has 2 aromatic carbocycles. The number of sulfonamides is 1. The Bertz CT molecular complexity index is 1250. The first-order valence-electron chi connectivity index (χ1n) is 8.27. The second-order valence-electron chi connectivity index (χ2n) is 5.92. The van der Waals surface area contributed by atoms with Crippen LogP contribution in [0.1, 0.15) is 6.92 Å². The predicted molar refractivity (Wildman–Crippen MR) is 102 cm³/mol. The number of anilines is 1. The fourth-order valence-electron chi connectivity index (χ4n) is 2.39. The van der Waals surface area contributed by atoms with Crippen molar-refractivity contribution < 1.29 is 25.6 Å². The van der Waals surface area contributed by atoms with Crippen LogP contribution in [0.15, 0.2) is 64.5 Å².